The van der Waals surface area contributed by atoms with Crippen LogP contribution in [0.25, 0.3) is 0 Å². The average molecular weight is 235 g/mol. The molecule has 0 aliphatic carbocycles. The fourth-order valence-corrected chi connectivity index (χ4v) is 2.59. The minimum absolute atomic E-state index is 0.0999. The molecule has 1 N–H and O–H groups in total. The van der Waals surface area contributed by atoms with Gasteiger partial charge in [0.2, 0.25) is 6.41 Å². The van der Waals surface area contributed by atoms with E-state index < -0.39 is 0 Å². The van der Waals surface area contributed by atoms with E-state index in [-0.39, 0.29) is 17.8 Å². The van der Waals surface area contributed by atoms with Gasteiger partial charge in [0, 0.05) is 17.7 Å². The van der Waals surface area contributed by atoms with Crippen LogP contribution >= 0.6 is 0 Å². The first-order valence-corrected chi connectivity index (χ1v) is 5.71. The Labute approximate surface area is 101 Å². The summed E-state index contributed by atoms with van der Waals surface area (Å²) < 4.78 is 5.14. The van der Waals surface area contributed by atoms with Crippen LogP contribution in [0.15, 0.2) is 12.1 Å². The first kappa shape index (κ1) is 11.8. The highest BCUT2D eigenvalue weighted by Crippen LogP contribution is 2.39. The van der Waals surface area contributed by atoms with Crippen molar-refractivity contribution < 1.29 is 14.6 Å². The molecule has 17 heavy (non-hydrogen) atoms. The maximum absolute atomic E-state index is 11.0. The number of phenolic OH excluding ortho intramolecular Hbond substituents is 1. The second-order valence-corrected chi connectivity index (χ2v) is 4.50. The summed E-state index contributed by atoms with van der Waals surface area (Å²) in [6, 6.07) is 3.57. The minimum Gasteiger partial charge on any atom is -0.507 e. The number of nitrogens with zero attached hydrogens (tertiary/aromatic N) is 1. The number of fused-ring (bicyclic) bond motifs is 1. The quantitative estimate of drug-likeness (QED) is 0.796. The molecule has 0 saturated heterocycles. The highest BCUT2D eigenvalue weighted by molar-refractivity contribution is 5.56. The summed E-state index contributed by atoms with van der Waals surface area (Å²) in [5.41, 5.74) is 1.89. The highest BCUT2D eigenvalue weighted by atomic mass is 16.5. The smallest absolute Gasteiger partial charge is 0.210 e. The molecule has 0 spiro atoms. The number of carbonyl (C=O) groups is 1. The topological polar surface area (TPSA) is 49.8 Å². The third-order valence-corrected chi connectivity index (χ3v) is 3.46. The number of aromatic hydroxyl groups is 1. The maximum Gasteiger partial charge on any atom is 0.210 e. The number of carbonyl (C=O) groups excluding carboxylic acids is 1. The first-order chi connectivity index (χ1) is 8.08. The first-order valence-electron chi connectivity index (χ1n) is 5.71. The van der Waals surface area contributed by atoms with Gasteiger partial charge in [-0.1, -0.05) is 0 Å². The van der Waals surface area contributed by atoms with Gasteiger partial charge in [0.05, 0.1) is 13.2 Å². The van der Waals surface area contributed by atoms with Gasteiger partial charge in [0.25, 0.3) is 0 Å². The van der Waals surface area contributed by atoms with Crippen LogP contribution in [-0.4, -0.2) is 29.6 Å². The van der Waals surface area contributed by atoms with Gasteiger partial charge >= 0.3 is 0 Å². The van der Waals surface area contributed by atoms with Gasteiger partial charge in [-0.25, -0.2) is 0 Å². The second kappa shape index (κ2) is 4.28. The predicted octanol–water partition coefficient (Wildman–Crippen LogP) is 1.86. The highest BCUT2D eigenvalue weighted by Gasteiger charge is 2.30. The molecule has 0 unspecified atom stereocenters. The van der Waals surface area contributed by atoms with Gasteiger partial charge in [-0.15, -0.1) is 0 Å². The molecule has 1 amide bonds. The zero-order chi connectivity index (χ0) is 12.6. The Morgan fingerprint density at radius 1 is 1.47 bits per heavy atom. The van der Waals surface area contributed by atoms with Crippen LogP contribution in [-0.2, 0) is 11.2 Å². The number of phenols is 1. The molecule has 1 heterocycles. The van der Waals surface area contributed by atoms with Crippen molar-refractivity contribution in [3.8, 4) is 11.5 Å². The maximum atomic E-state index is 11.0. The fourth-order valence-electron chi connectivity index (χ4n) is 2.59. The molecule has 1 aliphatic rings. The van der Waals surface area contributed by atoms with Crippen molar-refractivity contribution in [3.05, 3.63) is 23.3 Å². The van der Waals surface area contributed by atoms with Crippen LogP contribution < -0.4 is 4.74 Å². The molecule has 0 saturated carbocycles. The zero-order valence-corrected chi connectivity index (χ0v) is 10.3. The number of methoxy groups -OCH3 is 1. The summed E-state index contributed by atoms with van der Waals surface area (Å²) in [4.78, 5) is 12.8. The van der Waals surface area contributed by atoms with Gasteiger partial charge < -0.3 is 14.7 Å². The number of benzene rings is 1. The molecule has 1 aliphatic heterocycles. The van der Waals surface area contributed by atoms with Crippen molar-refractivity contribution in [2.24, 2.45) is 0 Å². The van der Waals surface area contributed by atoms with E-state index in [0.29, 0.717) is 5.75 Å². The molecule has 2 rings (SSSR count). The second-order valence-electron chi connectivity index (χ2n) is 4.50. The van der Waals surface area contributed by atoms with Crippen molar-refractivity contribution in [2.75, 3.05) is 7.11 Å². The molecule has 0 fully saturated rings. The number of hydrogen-bond acceptors (Lipinski definition) is 3. The van der Waals surface area contributed by atoms with E-state index in [4.69, 9.17) is 4.74 Å². The molecular weight excluding hydrogens is 218 g/mol. The summed E-state index contributed by atoms with van der Waals surface area (Å²) >= 11 is 0. The van der Waals surface area contributed by atoms with E-state index in [0.717, 1.165) is 24.0 Å². The van der Waals surface area contributed by atoms with Gasteiger partial charge in [0.15, 0.2) is 0 Å². The van der Waals surface area contributed by atoms with Crippen LogP contribution in [0, 0.1) is 0 Å². The van der Waals surface area contributed by atoms with E-state index >= 15 is 0 Å². The SMILES string of the molecule is COc1cc(O)c2c(c1)C[C@@H](C)N(C=O)[C@@H]2C. The Morgan fingerprint density at radius 3 is 2.76 bits per heavy atom. The monoisotopic (exact) mass is 235 g/mol. The Hall–Kier alpha value is -1.71. The van der Waals surface area contributed by atoms with Crippen molar-refractivity contribution in [3.63, 3.8) is 0 Å². The standard InChI is InChI=1S/C13H17NO3/c1-8-4-10-5-11(17-3)6-12(16)13(10)9(2)14(8)7-15/h5-9,16H,4H2,1-3H3/t8-,9-/m1/s1. The lowest BCUT2D eigenvalue weighted by Crippen LogP contribution is -2.40. The van der Waals surface area contributed by atoms with Gasteiger partial charge in [0.1, 0.15) is 11.5 Å². The predicted molar refractivity (Wildman–Crippen MR) is 64.1 cm³/mol. The van der Waals surface area contributed by atoms with Gasteiger partial charge in [-0.05, 0) is 31.9 Å². The number of ether oxygens (including phenoxy) is 1. The lowest BCUT2D eigenvalue weighted by molar-refractivity contribution is -0.122. The third-order valence-electron chi connectivity index (χ3n) is 3.46. The Balaban J connectivity index is 2.52. The van der Waals surface area contributed by atoms with Gasteiger partial charge in [-0.3, -0.25) is 4.79 Å². The third kappa shape index (κ3) is 1.84. The molecule has 4 heteroatoms. The number of amides is 1. The van der Waals surface area contributed by atoms with Crippen LogP contribution in [0.2, 0.25) is 0 Å². The van der Waals surface area contributed by atoms with E-state index in [9.17, 15) is 9.90 Å². The summed E-state index contributed by atoms with van der Waals surface area (Å²) in [5.74, 6) is 0.853. The summed E-state index contributed by atoms with van der Waals surface area (Å²) in [6.45, 7) is 3.93. The van der Waals surface area contributed by atoms with E-state index in [1.165, 1.54) is 0 Å². The molecule has 0 radical (unpaired) electrons. The summed E-state index contributed by atoms with van der Waals surface area (Å²) in [6.07, 6.45) is 1.59. The molecule has 1 aromatic carbocycles. The molecule has 0 aromatic heterocycles. The summed E-state index contributed by atoms with van der Waals surface area (Å²) in [5, 5.41) is 10.0. The minimum atomic E-state index is -0.0999. The molecule has 4 nitrogen and oxygen atoms in total. The molecule has 0 bridgehead atoms. The average Bonchev–Trinajstić information content (AvgIpc) is 2.28. The Kier molecular flexibility index (Phi) is 2.96. The van der Waals surface area contributed by atoms with Crippen LogP contribution in [0.5, 0.6) is 11.5 Å². The van der Waals surface area contributed by atoms with Crippen LogP contribution in [0.3, 0.4) is 0 Å². The number of rotatable bonds is 2. The fraction of sp³-hybridized carbons (Fsp3) is 0.462. The van der Waals surface area contributed by atoms with Crippen molar-refractivity contribution in [1.29, 1.82) is 0 Å². The molecular formula is C13H17NO3. The van der Waals surface area contributed by atoms with E-state index in [1.54, 1.807) is 18.1 Å². The lowest BCUT2D eigenvalue weighted by atomic mass is 9.89. The van der Waals surface area contributed by atoms with E-state index in [2.05, 4.69) is 0 Å². The van der Waals surface area contributed by atoms with Crippen LogP contribution in [0.1, 0.15) is 31.0 Å². The Bertz CT molecular complexity index is 445. The van der Waals surface area contributed by atoms with Gasteiger partial charge in [-0.2, -0.15) is 0 Å². The van der Waals surface area contributed by atoms with Crippen molar-refractivity contribution in [1.82, 2.24) is 4.90 Å². The zero-order valence-electron chi connectivity index (χ0n) is 10.3. The van der Waals surface area contributed by atoms with Crippen molar-refractivity contribution >= 4 is 6.41 Å². The summed E-state index contributed by atoms with van der Waals surface area (Å²) in [7, 11) is 1.58. The number of hydrogen-bond donors (Lipinski definition) is 1. The van der Waals surface area contributed by atoms with E-state index in [1.807, 2.05) is 19.9 Å². The largest absolute Gasteiger partial charge is 0.507 e. The van der Waals surface area contributed by atoms with Crippen molar-refractivity contribution in [2.45, 2.75) is 32.4 Å². The Morgan fingerprint density at radius 2 is 2.18 bits per heavy atom. The normalized spacial score (nSPS) is 23.1. The molecule has 92 valence electrons. The molecule has 2 atom stereocenters. The van der Waals surface area contributed by atoms with Crippen LogP contribution in [0.4, 0.5) is 0 Å². The molecule has 1 aromatic rings. The lowest BCUT2D eigenvalue weighted by Gasteiger charge is -2.38.